The molecule has 104 valence electrons. The van der Waals surface area contributed by atoms with Gasteiger partial charge in [-0.15, -0.1) is 0 Å². The molecule has 1 aliphatic rings. The second kappa shape index (κ2) is 5.25. The lowest BCUT2D eigenvalue weighted by Gasteiger charge is -2.23. The highest BCUT2D eigenvalue weighted by Crippen LogP contribution is 2.81. The number of hydrogen-bond acceptors (Lipinski definition) is 12. The van der Waals surface area contributed by atoms with Crippen molar-refractivity contribution < 1.29 is 35.5 Å². The fraction of sp³-hybridized carbons (Fsp3) is 0. The number of rotatable bonds is 0. The normalized spacial score (nSPS) is 44.6. The maximum atomic E-state index is 11.6. The standard InChI is InChI=1S/C4N4O8P4/c5-1-17(9)13-18(10,2-6)15-20(12,4-8)16-19(11,3-7)14-17/i1+1,2+1,3+1,4+1. The van der Waals surface area contributed by atoms with E-state index in [0.29, 0.717) is 0 Å². The van der Waals surface area contributed by atoms with E-state index in [0.717, 1.165) is 23.2 Å². The van der Waals surface area contributed by atoms with Crippen LogP contribution in [-0.4, -0.2) is 0 Å². The molecule has 0 aromatic rings. The summed E-state index contributed by atoms with van der Waals surface area (Å²) in [4.78, 5) is 0. The Balaban J connectivity index is 3.53. The highest BCUT2D eigenvalue weighted by atomic mass is 31.3. The SMILES string of the molecule is N#[13C]P1(=O)OP(=O)([13C]#N)OP(=O)([13C]#N)OP(=O)([13C]#N)O1. The molecule has 12 nitrogen and oxygen atoms in total. The molecular weight excluding hydrogens is 360 g/mol. The van der Waals surface area contributed by atoms with E-state index in [4.69, 9.17) is 21.0 Å². The summed E-state index contributed by atoms with van der Waals surface area (Å²) >= 11 is 0. The fourth-order valence-electron chi connectivity index (χ4n) is 0.772. The first-order chi connectivity index (χ1) is 9.07. The minimum Gasteiger partial charge on any atom is -0.242 e. The molecular formula is C4N4O8P4. The van der Waals surface area contributed by atoms with Crippen molar-refractivity contribution >= 4 is 30.4 Å². The van der Waals surface area contributed by atoms with Crippen LogP contribution < -0.4 is 0 Å². The molecule has 0 aliphatic carbocycles. The summed E-state index contributed by atoms with van der Waals surface area (Å²) < 4.78 is 62.5. The van der Waals surface area contributed by atoms with Gasteiger partial charge in [0.15, 0.2) is 23.2 Å². The van der Waals surface area contributed by atoms with Crippen LogP contribution in [0.25, 0.3) is 0 Å². The first-order valence-electron chi connectivity index (χ1n) is 3.98. The molecule has 0 spiro atoms. The number of nitriles is 4. The molecule has 0 amide bonds. The molecule has 1 heterocycles. The molecule has 1 fully saturated rings. The summed E-state index contributed by atoms with van der Waals surface area (Å²) in [5.41, 5.74) is 0. The molecule has 1 saturated heterocycles. The van der Waals surface area contributed by atoms with Gasteiger partial charge in [-0.05, 0) is 0 Å². The predicted octanol–water partition coefficient (Wildman–Crippen LogP) is 2.76. The predicted molar refractivity (Wildman–Crippen MR) is 57.2 cm³/mol. The monoisotopic (exact) mass is 360 g/mol. The molecule has 1 rings (SSSR count). The van der Waals surface area contributed by atoms with E-state index in [1.54, 1.807) is 0 Å². The summed E-state index contributed by atoms with van der Waals surface area (Å²) in [6.45, 7) is 0. The Labute approximate surface area is 111 Å². The molecule has 0 radical (unpaired) electrons. The van der Waals surface area contributed by atoms with E-state index in [2.05, 4.69) is 17.2 Å². The van der Waals surface area contributed by atoms with Crippen molar-refractivity contribution in [2.45, 2.75) is 0 Å². The Morgan fingerprint density at radius 1 is 0.500 bits per heavy atom. The summed E-state index contributed by atoms with van der Waals surface area (Å²) in [7, 11) is -20.6. The van der Waals surface area contributed by atoms with Crippen LogP contribution in [0.3, 0.4) is 0 Å². The largest absolute Gasteiger partial charge is 0.447 e. The zero-order chi connectivity index (χ0) is 15.7. The van der Waals surface area contributed by atoms with Gasteiger partial charge in [-0.2, -0.15) is 21.0 Å². The molecule has 0 bridgehead atoms. The van der Waals surface area contributed by atoms with Crippen molar-refractivity contribution in [3.63, 3.8) is 0 Å². The van der Waals surface area contributed by atoms with E-state index in [9.17, 15) is 18.3 Å². The summed E-state index contributed by atoms with van der Waals surface area (Å²) in [6, 6.07) is 0. The Kier molecular flexibility index (Phi) is 4.40. The van der Waals surface area contributed by atoms with Crippen LogP contribution in [0.1, 0.15) is 0 Å². The third-order valence-electron chi connectivity index (χ3n) is 1.35. The van der Waals surface area contributed by atoms with Gasteiger partial charge in [-0.1, -0.05) is 0 Å². The molecule has 16 heteroatoms. The highest BCUT2D eigenvalue weighted by Gasteiger charge is 2.55. The lowest BCUT2D eigenvalue weighted by Crippen LogP contribution is -2.01. The number of nitrogens with zero attached hydrogens (tertiary/aromatic N) is 4. The lowest BCUT2D eigenvalue weighted by molar-refractivity contribution is 0.299. The van der Waals surface area contributed by atoms with Crippen molar-refractivity contribution in [3.8, 4) is 23.2 Å². The van der Waals surface area contributed by atoms with Crippen LogP contribution >= 0.6 is 30.4 Å². The second-order valence-corrected chi connectivity index (χ2v) is 10.1. The molecule has 0 unspecified atom stereocenters. The molecule has 0 atom stereocenters. The maximum Gasteiger partial charge on any atom is 0.447 e. The van der Waals surface area contributed by atoms with Crippen LogP contribution in [0.4, 0.5) is 0 Å². The van der Waals surface area contributed by atoms with Crippen LogP contribution in [0.2, 0.25) is 0 Å². The zero-order valence-electron chi connectivity index (χ0n) is 8.84. The van der Waals surface area contributed by atoms with Crippen LogP contribution in [-0.2, 0) is 35.5 Å². The van der Waals surface area contributed by atoms with Crippen LogP contribution in [0.5, 0.6) is 0 Å². The molecule has 0 saturated carbocycles. The summed E-state index contributed by atoms with van der Waals surface area (Å²) in [5, 5.41) is 34.2. The lowest BCUT2D eigenvalue weighted by atomic mass is 12.7. The first kappa shape index (κ1) is 16.8. The van der Waals surface area contributed by atoms with Gasteiger partial charge in [0.25, 0.3) is 0 Å². The van der Waals surface area contributed by atoms with Crippen molar-refractivity contribution in [3.05, 3.63) is 0 Å². The molecule has 0 aromatic heterocycles. The molecule has 0 aromatic carbocycles. The van der Waals surface area contributed by atoms with Gasteiger partial charge in [0.05, 0.1) is 0 Å². The Morgan fingerprint density at radius 2 is 0.650 bits per heavy atom. The first-order valence-corrected chi connectivity index (χ1v) is 10.2. The minimum absolute atomic E-state index is 0.804. The van der Waals surface area contributed by atoms with Gasteiger partial charge >= 0.3 is 30.4 Å². The summed E-state index contributed by atoms with van der Waals surface area (Å²) in [5.74, 6) is 3.22. The number of hydrogen-bond donors (Lipinski definition) is 0. The molecule has 20 heavy (non-hydrogen) atoms. The van der Waals surface area contributed by atoms with Gasteiger partial charge < -0.3 is 0 Å². The van der Waals surface area contributed by atoms with Gasteiger partial charge in [0.1, 0.15) is 0 Å². The van der Waals surface area contributed by atoms with Crippen LogP contribution in [0.15, 0.2) is 0 Å². The van der Waals surface area contributed by atoms with E-state index >= 15 is 0 Å². The summed E-state index contributed by atoms with van der Waals surface area (Å²) in [6.07, 6.45) is 0. The topological polar surface area (TPSA) is 200 Å². The van der Waals surface area contributed by atoms with Gasteiger partial charge in [0.2, 0.25) is 0 Å². The third kappa shape index (κ3) is 3.43. The average molecular weight is 360 g/mol. The Bertz CT molecular complexity index is 644. The molecule has 0 N–H and O–H groups in total. The second-order valence-electron chi connectivity index (χ2n) is 2.72. The Hall–Kier alpha value is -1.28. The van der Waals surface area contributed by atoms with E-state index < -0.39 is 30.4 Å². The van der Waals surface area contributed by atoms with E-state index in [-0.39, 0.29) is 0 Å². The molecule has 1 aliphatic heterocycles. The smallest absolute Gasteiger partial charge is 0.242 e. The highest BCUT2D eigenvalue weighted by molar-refractivity contribution is 7.85. The zero-order valence-corrected chi connectivity index (χ0v) is 12.4. The third-order valence-corrected chi connectivity index (χ3v) is 9.21. The van der Waals surface area contributed by atoms with Crippen molar-refractivity contribution in [1.82, 2.24) is 0 Å². The van der Waals surface area contributed by atoms with Gasteiger partial charge in [0, 0.05) is 0 Å². The van der Waals surface area contributed by atoms with E-state index in [1.165, 1.54) is 0 Å². The fourth-order valence-corrected chi connectivity index (χ4v) is 8.02. The van der Waals surface area contributed by atoms with Crippen molar-refractivity contribution in [2.75, 3.05) is 0 Å². The Morgan fingerprint density at radius 3 is 0.750 bits per heavy atom. The van der Waals surface area contributed by atoms with Crippen LogP contribution in [0, 0.1) is 44.3 Å². The van der Waals surface area contributed by atoms with Crippen molar-refractivity contribution in [2.24, 2.45) is 0 Å². The van der Waals surface area contributed by atoms with Crippen molar-refractivity contribution in [1.29, 1.82) is 21.0 Å². The van der Waals surface area contributed by atoms with E-state index in [1.807, 2.05) is 0 Å². The quantitative estimate of drug-likeness (QED) is 0.452. The van der Waals surface area contributed by atoms with Gasteiger partial charge in [-0.25, -0.2) is 35.5 Å². The average Bonchev–Trinajstić information content (AvgIpc) is 2.36. The maximum absolute atomic E-state index is 11.6. The minimum atomic E-state index is -5.15. The van der Waals surface area contributed by atoms with Gasteiger partial charge in [-0.3, -0.25) is 0 Å².